The highest BCUT2D eigenvalue weighted by Crippen LogP contribution is 2.30. The van der Waals surface area contributed by atoms with E-state index in [0.717, 1.165) is 0 Å². The molecule has 0 atom stereocenters. The SMILES string of the molecule is COc1cccc(C(=O)OCC(=O)NC(=O)NCc2ccco2)c1OC. The summed E-state index contributed by atoms with van der Waals surface area (Å²) in [5, 5.41) is 4.46. The number of hydrogen-bond acceptors (Lipinski definition) is 7. The van der Waals surface area contributed by atoms with Gasteiger partial charge in [0, 0.05) is 0 Å². The van der Waals surface area contributed by atoms with E-state index in [1.54, 1.807) is 24.3 Å². The van der Waals surface area contributed by atoms with Crippen LogP contribution in [0.4, 0.5) is 4.79 Å². The first-order chi connectivity index (χ1) is 12.5. The van der Waals surface area contributed by atoms with Crippen LogP contribution in [0, 0.1) is 0 Å². The summed E-state index contributed by atoms with van der Waals surface area (Å²) >= 11 is 0. The van der Waals surface area contributed by atoms with E-state index < -0.39 is 24.5 Å². The third-order valence-electron chi connectivity index (χ3n) is 3.21. The van der Waals surface area contributed by atoms with Crippen molar-refractivity contribution in [3.8, 4) is 11.5 Å². The van der Waals surface area contributed by atoms with Gasteiger partial charge in [0.2, 0.25) is 0 Å². The number of benzene rings is 1. The molecular formula is C17H18N2O7. The van der Waals surface area contributed by atoms with E-state index in [0.29, 0.717) is 11.5 Å². The molecule has 26 heavy (non-hydrogen) atoms. The van der Waals surface area contributed by atoms with Gasteiger partial charge in [0.05, 0.1) is 27.0 Å². The summed E-state index contributed by atoms with van der Waals surface area (Å²) in [6.45, 7) is -0.514. The van der Waals surface area contributed by atoms with Crippen molar-refractivity contribution in [3.05, 3.63) is 47.9 Å². The van der Waals surface area contributed by atoms with Gasteiger partial charge in [-0.1, -0.05) is 6.07 Å². The normalized spacial score (nSPS) is 9.92. The van der Waals surface area contributed by atoms with Crippen LogP contribution >= 0.6 is 0 Å². The van der Waals surface area contributed by atoms with Crippen molar-refractivity contribution in [3.63, 3.8) is 0 Å². The molecule has 0 unspecified atom stereocenters. The van der Waals surface area contributed by atoms with Gasteiger partial charge in [-0.3, -0.25) is 10.1 Å². The first-order valence-electron chi connectivity index (χ1n) is 7.53. The molecule has 0 spiro atoms. The maximum absolute atomic E-state index is 12.1. The van der Waals surface area contributed by atoms with Crippen LogP contribution in [-0.4, -0.2) is 38.7 Å². The largest absolute Gasteiger partial charge is 0.493 e. The number of methoxy groups -OCH3 is 2. The maximum atomic E-state index is 12.1. The zero-order valence-electron chi connectivity index (χ0n) is 14.2. The van der Waals surface area contributed by atoms with Gasteiger partial charge in [0.25, 0.3) is 5.91 Å². The number of para-hydroxylation sites is 1. The topological polar surface area (TPSA) is 116 Å². The second-order valence-electron chi connectivity index (χ2n) is 4.93. The molecule has 0 saturated heterocycles. The molecule has 0 bridgehead atoms. The van der Waals surface area contributed by atoms with Gasteiger partial charge in [0.1, 0.15) is 11.3 Å². The third kappa shape index (κ3) is 5.00. The second kappa shape index (κ2) is 9.11. The van der Waals surface area contributed by atoms with Gasteiger partial charge in [-0.25, -0.2) is 9.59 Å². The number of nitrogens with one attached hydrogen (secondary N) is 2. The first-order valence-corrected chi connectivity index (χ1v) is 7.53. The van der Waals surface area contributed by atoms with Gasteiger partial charge in [-0.05, 0) is 24.3 Å². The fourth-order valence-electron chi connectivity index (χ4n) is 2.04. The molecule has 1 aromatic carbocycles. The lowest BCUT2D eigenvalue weighted by Gasteiger charge is -2.12. The Kier molecular flexibility index (Phi) is 6.60. The number of furan rings is 1. The van der Waals surface area contributed by atoms with Gasteiger partial charge >= 0.3 is 12.0 Å². The second-order valence-corrected chi connectivity index (χ2v) is 4.93. The molecule has 9 heteroatoms. The van der Waals surface area contributed by atoms with Crippen molar-refractivity contribution in [1.29, 1.82) is 0 Å². The maximum Gasteiger partial charge on any atom is 0.342 e. The van der Waals surface area contributed by atoms with Gasteiger partial charge in [0.15, 0.2) is 18.1 Å². The van der Waals surface area contributed by atoms with Crippen molar-refractivity contribution in [2.45, 2.75) is 6.54 Å². The Morgan fingerprint density at radius 3 is 2.54 bits per heavy atom. The highest BCUT2D eigenvalue weighted by atomic mass is 16.5. The van der Waals surface area contributed by atoms with Crippen LogP contribution in [-0.2, 0) is 16.1 Å². The summed E-state index contributed by atoms with van der Waals surface area (Å²) in [5.41, 5.74) is 0.0990. The average molecular weight is 362 g/mol. The molecule has 0 radical (unpaired) electrons. The molecule has 0 saturated carbocycles. The van der Waals surface area contributed by atoms with Crippen LogP contribution in [0.3, 0.4) is 0 Å². The molecule has 0 fully saturated rings. The monoisotopic (exact) mass is 362 g/mol. The highest BCUT2D eigenvalue weighted by Gasteiger charge is 2.19. The third-order valence-corrected chi connectivity index (χ3v) is 3.21. The van der Waals surface area contributed by atoms with Crippen molar-refractivity contribution in [1.82, 2.24) is 10.6 Å². The fourth-order valence-corrected chi connectivity index (χ4v) is 2.04. The minimum atomic E-state index is -0.785. The average Bonchev–Trinajstić information content (AvgIpc) is 3.17. The molecule has 3 amide bonds. The lowest BCUT2D eigenvalue weighted by atomic mass is 10.2. The molecule has 2 N–H and O–H groups in total. The Hall–Kier alpha value is -3.49. The summed E-state index contributed by atoms with van der Waals surface area (Å²) in [6.07, 6.45) is 1.46. The smallest absolute Gasteiger partial charge is 0.342 e. The molecular weight excluding hydrogens is 344 g/mol. The number of hydrogen-bond donors (Lipinski definition) is 2. The van der Waals surface area contributed by atoms with Crippen LogP contribution in [0.15, 0.2) is 41.0 Å². The Balaban J connectivity index is 1.83. The van der Waals surface area contributed by atoms with E-state index in [1.807, 2.05) is 5.32 Å². The number of rotatable bonds is 7. The molecule has 2 rings (SSSR count). The molecule has 1 heterocycles. The Labute approximate surface area is 149 Å². The Morgan fingerprint density at radius 1 is 1.08 bits per heavy atom. The standard InChI is InChI=1S/C17H18N2O7/c1-23-13-7-3-6-12(15(13)24-2)16(21)26-10-14(20)19-17(22)18-9-11-5-4-8-25-11/h3-8H,9-10H2,1-2H3,(H2,18,19,20,22). The number of carbonyl (C=O) groups excluding carboxylic acids is 3. The van der Waals surface area contributed by atoms with Crippen LogP contribution in [0.25, 0.3) is 0 Å². The van der Waals surface area contributed by atoms with E-state index in [-0.39, 0.29) is 17.9 Å². The molecule has 1 aromatic heterocycles. The lowest BCUT2D eigenvalue weighted by molar-refractivity contribution is -0.123. The van der Waals surface area contributed by atoms with Crippen molar-refractivity contribution < 1.29 is 33.0 Å². The molecule has 9 nitrogen and oxygen atoms in total. The molecule has 0 aliphatic carbocycles. The predicted molar refractivity (Wildman–Crippen MR) is 88.9 cm³/mol. The Morgan fingerprint density at radius 2 is 1.88 bits per heavy atom. The minimum Gasteiger partial charge on any atom is -0.493 e. The fraction of sp³-hybridized carbons (Fsp3) is 0.235. The van der Waals surface area contributed by atoms with Gasteiger partial charge in [-0.2, -0.15) is 0 Å². The van der Waals surface area contributed by atoms with E-state index in [4.69, 9.17) is 18.6 Å². The van der Waals surface area contributed by atoms with E-state index in [9.17, 15) is 14.4 Å². The van der Waals surface area contributed by atoms with Crippen molar-refractivity contribution in [2.75, 3.05) is 20.8 Å². The summed E-state index contributed by atoms with van der Waals surface area (Å²) in [4.78, 5) is 35.4. The molecule has 0 aliphatic heterocycles. The van der Waals surface area contributed by atoms with E-state index >= 15 is 0 Å². The first kappa shape index (κ1) is 18.8. The predicted octanol–water partition coefficient (Wildman–Crippen LogP) is 1.48. The van der Waals surface area contributed by atoms with Crippen LogP contribution < -0.4 is 20.1 Å². The zero-order valence-corrected chi connectivity index (χ0v) is 14.2. The molecule has 138 valence electrons. The summed E-state index contributed by atoms with van der Waals surface area (Å²) in [6, 6.07) is 7.28. The number of esters is 1. The summed E-state index contributed by atoms with van der Waals surface area (Å²) in [5.74, 6) is -0.492. The van der Waals surface area contributed by atoms with Crippen LogP contribution in [0.5, 0.6) is 11.5 Å². The number of imide groups is 1. The number of amides is 3. The summed E-state index contributed by atoms with van der Waals surface area (Å²) < 4.78 is 20.2. The molecule has 2 aromatic rings. The lowest BCUT2D eigenvalue weighted by Crippen LogP contribution is -2.41. The van der Waals surface area contributed by atoms with Crippen molar-refractivity contribution >= 4 is 17.9 Å². The molecule has 0 aliphatic rings. The minimum absolute atomic E-state index is 0.0990. The van der Waals surface area contributed by atoms with Crippen LogP contribution in [0.2, 0.25) is 0 Å². The number of carbonyl (C=O) groups is 3. The highest BCUT2D eigenvalue weighted by molar-refractivity contribution is 5.98. The van der Waals surface area contributed by atoms with Gasteiger partial charge < -0.3 is 23.9 Å². The number of urea groups is 1. The van der Waals surface area contributed by atoms with E-state index in [2.05, 4.69) is 5.32 Å². The van der Waals surface area contributed by atoms with E-state index in [1.165, 1.54) is 26.5 Å². The number of ether oxygens (including phenoxy) is 3. The quantitative estimate of drug-likeness (QED) is 0.717. The van der Waals surface area contributed by atoms with Crippen LogP contribution in [0.1, 0.15) is 16.1 Å². The zero-order chi connectivity index (χ0) is 18.9. The van der Waals surface area contributed by atoms with Gasteiger partial charge in [-0.15, -0.1) is 0 Å². The Bertz CT molecular complexity index is 771. The summed E-state index contributed by atoms with van der Waals surface area (Å²) in [7, 11) is 2.81. The van der Waals surface area contributed by atoms with Crippen molar-refractivity contribution in [2.24, 2.45) is 0 Å².